The summed E-state index contributed by atoms with van der Waals surface area (Å²) in [6, 6.07) is 13.4. The molecule has 58 heavy (non-hydrogen) atoms. The van der Waals surface area contributed by atoms with Crippen molar-refractivity contribution < 1.29 is 29.3 Å². The molecule has 1 unspecified atom stereocenters. The van der Waals surface area contributed by atoms with Crippen LogP contribution in [-0.4, -0.2) is 149 Å². The molecule has 3 amide bonds. The van der Waals surface area contributed by atoms with Gasteiger partial charge in [0.2, 0.25) is 11.8 Å². The monoisotopic (exact) mass is 819 g/mol. The van der Waals surface area contributed by atoms with Gasteiger partial charge in [-0.15, -0.1) is 0 Å². The Bertz CT molecular complexity index is 1750. The number of carbonyl (C=O) groups is 3. The van der Waals surface area contributed by atoms with Gasteiger partial charge in [0.15, 0.2) is 0 Å². The van der Waals surface area contributed by atoms with Crippen molar-refractivity contribution >= 4 is 29.3 Å². The van der Waals surface area contributed by atoms with Gasteiger partial charge in [-0.25, -0.2) is 0 Å². The average molecular weight is 821 g/mol. The molecule has 1 saturated carbocycles. The average Bonchev–Trinajstić information content (AvgIpc) is 3.86. The van der Waals surface area contributed by atoms with E-state index in [-0.39, 0.29) is 65.8 Å². The van der Waals surface area contributed by atoms with E-state index >= 15 is 4.79 Å². The standard InChI is InChI=1S/C46H66ClN5O6/c1-45(2)18-14-32(15-19-45)41(54)46(3,4)30-52(42(55)36-8-6-7-9-40(36)53)35-26-39(44(57)49-22-20-48(5)21-23-49)51(27-35)43(56)38-29-50(34-16-24-58-25-17-34)28-37(38)31-10-12-33(47)13-11-31/h6-13,32,34-35,37-39,41,53-54H,14-30H2,1-5H3/t35-,37-,38+,39-,41?/m0/s1. The highest BCUT2D eigenvalue weighted by molar-refractivity contribution is 6.30. The minimum absolute atomic E-state index is 0.0661. The fourth-order valence-corrected chi connectivity index (χ4v) is 10.7. The number of nitrogens with zero attached hydrogens (tertiary/aromatic N) is 5. The second kappa shape index (κ2) is 17.8. The van der Waals surface area contributed by atoms with Gasteiger partial charge in [-0.1, -0.05) is 63.6 Å². The van der Waals surface area contributed by atoms with E-state index in [1.54, 1.807) is 28.0 Å². The zero-order chi connectivity index (χ0) is 41.4. The number of hydrogen-bond donors (Lipinski definition) is 2. The lowest BCUT2D eigenvalue weighted by Crippen LogP contribution is -2.54. The van der Waals surface area contributed by atoms with Gasteiger partial charge in [0, 0.05) is 88.0 Å². The van der Waals surface area contributed by atoms with Crippen molar-refractivity contribution in [2.75, 3.05) is 72.6 Å². The molecule has 11 nitrogen and oxygen atoms in total. The molecule has 318 valence electrons. The fourth-order valence-electron chi connectivity index (χ4n) is 10.5. The van der Waals surface area contributed by atoms with Crippen LogP contribution in [0, 0.1) is 22.7 Å². The number of aliphatic hydroxyl groups is 1. The molecule has 2 aromatic rings. The van der Waals surface area contributed by atoms with E-state index in [1.807, 2.05) is 43.0 Å². The number of aromatic hydroxyl groups is 1. The van der Waals surface area contributed by atoms with Crippen LogP contribution in [0.1, 0.15) is 94.5 Å². The lowest BCUT2D eigenvalue weighted by atomic mass is 9.67. The second-order valence-corrected chi connectivity index (χ2v) is 19.9. The van der Waals surface area contributed by atoms with Crippen molar-refractivity contribution in [2.24, 2.45) is 22.7 Å². The SMILES string of the molecule is CN1CCN(C(=O)[C@@H]2C[C@H](N(CC(C)(C)C(O)C3CCC(C)(C)CC3)C(=O)c3ccccc3O)CN2C(=O)[C@@H]2CN(C3CCOCC3)C[C@H]2c2ccc(Cl)cc2)CC1. The van der Waals surface area contributed by atoms with Gasteiger partial charge in [0.25, 0.3) is 5.91 Å². The second-order valence-electron chi connectivity index (χ2n) is 19.5. The number of likely N-dealkylation sites (tertiary alicyclic amines) is 2. The van der Waals surface area contributed by atoms with Crippen molar-refractivity contribution in [3.8, 4) is 5.75 Å². The fraction of sp³-hybridized carbons (Fsp3) is 0.674. The summed E-state index contributed by atoms with van der Waals surface area (Å²) in [6.07, 6.45) is 5.33. The van der Waals surface area contributed by atoms with Gasteiger partial charge in [-0.05, 0) is 93.2 Å². The summed E-state index contributed by atoms with van der Waals surface area (Å²) in [4.78, 5) is 55.0. The number of likely N-dealkylation sites (N-methyl/N-ethyl adjacent to an activating group) is 1. The van der Waals surface area contributed by atoms with Gasteiger partial charge in [0.1, 0.15) is 11.8 Å². The lowest BCUT2D eigenvalue weighted by Gasteiger charge is -2.44. The molecule has 2 aromatic carbocycles. The highest BCUT2D eigenvalue weighted by atomic mass is 35.5. The smallest absolute Gasteiger partial charge is 0.257 e. The van der Waals surface area contributed by atoms with Crippen LogP contribution in [-0.2, 0) is 14.3 Å². The number of aliphatic hydroxyl groups excluding tert-OH is 1. The van der Waals surface area contributed by atoms with Gasteiger partial charge in [-0.3, -0.25) is 19.3 Å². The topological polar surface area (TPSA) is 117 Å². The molecule has 0 radical (unpaired) electrons. The van der Waals surface area contributed by atoms with E-state index in [0.717, 1.165) is 63.7 Å². The molecule has 2 N–H and O–H groups in total. The minimum atomic E-state index is -0.753. The summed E-state index contributed by atoms with van der Waals surface area (Å²) in [6.45, 7) is 14.3. The van der Waals surface area contributed by atoms with Crippen molar-refractivity contribution in [1.82, 2.24) is 24.5 Å². The summed E-state index contributed by atoms with van der Waals surface area (Å²) in [7, 11) is 2.05. The maximum atomic E-state index is 15.4. The molecule has 4 aliphatic heterocycles. The highest BCUT2D eigenvalue weighted by Crippen LogP contribution is 2.44. The van der Waals surface area contributed by atoms with E-state index in [2.05, 4.69) is 30.7 Å². The predicted octanol–water partition coefficient (Wildman–Crippen LogP) is 5.73. The molecular formula is C46H66ClN5O6. The first-order valence-corrected chi connectivity index (χ1v) is 22.1. The van der Waals surface area contributed by atoms with Gasteiger partial charge in [0.05, 0.1) is 23.6 Å². The number of amides is 3. The largest absolute Gasteiger partial charge is 0.507 e. The Morgan fingerprint density at radius 2 is 1.57 bits per heavy atom. The molecular weight excluding hydrogens is 754 g/mol. The Balaban J connectivity index is 1.22. The van der Waals surface area contributed by atoms with Gasteiger partial charge >= 0.3 is 0 Å². The Hall–Kier alpha value is -3.22. The molecule has 7 rings (SSSR count). The number of phenols is 1. The normalized spacial score (nSPS) is 27.2. The van der Waals surface area contributed by atoms with Gasteiger partial charge < -0.3 is 34.5 Å². The zero-order valence-corrected chi connectivity index (χ0v) is 36.1. The molecule has 1 aliphatic carbocycles. The third-order valence-electron chi connectivity index (χ3n) is 14.4. The number of ether oxygens (including phenoxy) is 1. The molecule has 5 aliphatic rings. The maximum Gasteiger partial charge on any atom is 0.257 e. The molecule has 12 heteroatoms. The minimum Gasteiger partial charge on any atom is -0.507 e. The number of carbonyl (C=O) groups excluding carboxylic acids is 3. The number of para-hydroxylation sites is 1. The molecule has 0 aromatic heterocycles. The van der Waals surface area contributed by atoms with Crippen LogP contribution in [0.2, 0.25) is 5.02 Å². The van der Waals surface area contributed by atoms with Crippen LogP contribution in [0.4, 0.5) is 0 Å². The summed E-state index contributed by atoms with van der Waals surface area (Å²) in [5, 5.41) is 23.7. The molecule has 5 atom stereocenters. The first-order valence-electron chi connectivity index (χ1n) is 21.7. The number of phenolic OH excluding ortho intramolecular Hbond substituents is 1. The number of halogens is 1. The van der Waals surface area contributed by atoms with Gasteiger partial charge in [-0.2, -0.15) is 0 Å². The summed E-state index contributed by atoms with van der Waals surface area (Å²) in [5.74, 6) is -1.02. The summed E-state index contributed by atoms with van der Waals surface area (Å²) < 4.78 is 5.70. The van der Waals surface area contributed by atoms with E-state index in [0.29, 0.717) is 43.9 Å². The van der Waals surface area contributed by atoms with Crippen molar-refractivity contribution in [2.45, 2.75) is 103 Å². The third kappa shape index (κ3) is 9.39. The van der Waals surface area contributed by atoms with Crippen LogP contribution in [0.25, 0.3) is 0 Å². The molecule has 0 spiro atoms. The number of piperazine rings is 1. The van der Waals surface area contributed by atoms with Crippen LogP contribution >= 0.6 is 11.6 Å². The van der Waals surface area contributed by atoms with Crippen LogP contribution in [0.15, 0.2) is 48.5 Å². The van der Waals surface area contributed by atoms with E-state index in [1.165, 1.54) is 6.07 Å². The third-order valence-corrected chi connectivity index (χ3v) is 14.6. The Kier molecular flexibility index (Phi) is 13.2. The Morgan fingerprint density at radius 3 is 2.22 bits per heavy atom. The molecule has 5 fully saturated rings. The van der Waals surface area contributed by atoms with Crippen molar-refractivity contribution in [1.29, 1.82) is 0 Å². The number of rotatable bonds is 10. The maximum absolute atomic E-state index is 15.4. The first kappa shape index (κ1) is 42.9. The van der Waals surface area contributed by atoms with Crippen LogP contribution < -0.4 is 0 Å². The molecule has 4 heterocycles. The van der Waals surface area contributed by atoms with Crippen molar-refractivity contribution in [3.05, 3.63) is 64.7 Å². The number of benzene rings is 2. The zero-order valence-electron chi connectivity index (χ0n) is 35.3. The Morgan fingerprint density at radius 1 is 0.914 bits per heavy atom. The first-order chi connectivity index (χ1) is 27.6. The van der Waals surface area contributed by atoms with Crippen molar-refractivity contribution in [3.63, 3.8) is 0 Å². The van der Waals surface area contributed by atoms with Crippen LogP contribution in [0.5, 0.6) is 5.75 Å². The number of hydrogen-bond acceptors (Lipinski definition) is 8. The molecule has 4 saturated heterocycles. The van der Waals surface area contributed by atoms with E-state index < -0.39 is 29.5 Å². The summed E-state index contributed by atoms with van der Waals surface area (Å²) >= 11 is 6.35. The summed E-state index contributed by atoms with van der Waals surface area (Å²) in [5.41, 5.74) is 0.750. The highest BCUT2D eigenvalue weighted by Gasteiger charge is 2.51. The Labute approximate surface area is 350 Å². The quantitative estimate of drug-likeness (QED) is 0.313. The van der Waals surface area contributed by atoms with Crippen LogP contribution in [0.3, 0.4) is 0 Å². The predicted molar refractivity (Wildman–Crippen MR) is 226 cm³/mol. The van der Waals surface area contributed by atoms with E-state index in [4.69, 9.17) is 16.3 Å². The van der Waals surface area contributed by atoms with E-state index in [9.17, 15) is 19.8 Å². The molecule has 0 bridgehead atoms. The lowest BCUT2D eigenvalue weighted by molar-refractivity contribution is -0.147.